The average molecular weight is 363 g/mol. The van der Waals surface area contributed by atoms with Crippen molar-refractivity contribution in [1.82, 2.24) is 20.3 Å². The minimum absolute atomic E-state index is 0.0254. The quantitative estimate of drug-likeness (QED) is 0.598. The highest BCUT2D eigenvalue weighted by molar-refractivity contribution is 5.83. The first-order valence-electron chi connectivity index (χ1n) is 9.59. The van der Waals surface area contributed by atoms with Crippen LogP contribution in [0.25, 0.3) is 10.9 Å². The fourth-order valence-electron chi connectivity index (χ4n) is 3.36. The molecule has 6 heteroatoms. The second kappa shape index (κ2) is 7.39. The molecule has 2 heterocycles. The van der Waals surface area contributed by atoms with Crippen LogP contribution < -0.4 is 10.6 Å². The number of carbonyl (C=O) groups is 1. The summed E-state index contributed by atoms with van der Waals surface area (Å²) in [6, 6.07) is 9.98. The molecule has 0 saturated heterocycles. The molecule has 27 heavy (non-hydrogen) atoms. The molecule has 0 bridgehead atoms. The summed E-state index contributed by atoms with van der Waals surface area (Å²) >= 11 is 0. The molecule has 0 radical (unpaired) electrons. The summed E-state index contributed by atoms with van der Waals surface area (Å²) in [7, 11) is 1.86. The molecule has 1 fully saturated rings. The van der Waals surface area contributed by atoms with E-state index < -0.39 is 0 Å². The molecule has 1 saturated carbocycles. The fraction of sp³-hybridized carbons (Fsp3) is 0.381. The van der Waals surface area contributed by atoms with E-state index in [1.807, 2.05) is 38.4 Å². The van der Waals surface area contributed by atoms with Gasteiger partial charge in [0.2, 0.25) is 5.91 Å². The maximum absolute atomic E-state index is 12.2. The molecule has 0 spiro atoms. The van der Waals surface area contributed by atoms with Gasteiger partial charge in [0.1, 0.15) is 11.6 Å². The van der Waals surface area contributed by atoms with E-state index in [1.54, 1.807) is 0 Å². The minimum atomic E-state index is -0.191. The Hall–Kier alpha value is -2.89. The lowest BCUT2D eigenvalue weighted by atomic mass is 10.0. The van der Waals surface area contributed by atoms with Crippen molar-refractivity contribution in [2.24, 2.45) is 0 Å². The third-order valence-electron chi connectivity index (χ3n) is 5.07. The lowest BCUT2D eigenvalue weighted by molar-refractivity contribution is -0.121. The third-order valence-corrected chi connectivity index (χ3v) is 5.07. The number of aromatic nitrogens is 3. The first-order chi connectivity index (χ1) is 13.2. The number of aromatic amines is 1. The Morgan fingerprint density at radius 2 is 2.11 bits per heavy atom. The van der Waals surface area contributed by atoms with Crippen LogP contribution in [0, 0.1) is 0 Å². The number of hydrogen-bond donors (Lipinski definition) is 3. The summed E-state index contributed by atoms with van der Waals surface area (Å²) in [5, 5.41) is 7.46. The molecule has 1 atom stereocenters. The first kappa shape index (κ1) is 17.5. The van der Waals surface area contributed by atoms with Crippen LogP contribution in [-0.4, -0.2) is 27.9 Å². The van der Waals surface area contributed by atoms with E-state index >= 15 is 0 Å². The zero-order valence-corrected chi connectivity index (χ0v) is 15.7. The van der Waals surface area contributed by atoms with Gasteiger partial charge >= 0.3 is 0 Å². The maximum Gasteiger partial charge on any atom is 0.220 e. The summed E-state index contributed by atoms with van der Waals surface area (Å²) in [5.41, 5.74) is 3.14. The largest absolute Gasteiger partial charge is 0.373 e. The summed E-state index contributed by atoms with van der Waals surface area (Å²) < 4.78 is 0. The van der Waals surface area contributed by atoms with Gasteiger partial charge in [0, 0.05) is 49.0 Å². The highest BCUT2D eigenvalue weighted by atomic mass is 16.1. The Bertz CT molecular complexity index is 960. The van der Waals surface area contributed by atoms with Gasteiger partial charge in [0.15, 0.2) is 0 Å². The number of nitrogens with zero attached hydrogens (tertiary/aromatic N) is 2. The van der Waals surface area contributed by atoms with Gasteiger partial charge in [-0.1, -0.05) is 25.1 Å². The van der Waals surface area contributed by atoms with E-state index in [4.69, 9.17) is 4.98 Å². The number of rotatable bonds is 7. The smallest absolute Gasteiger partial charge is 0.220 e. The predicted molar refractivity (Wildman–Crippen MR) is 107 cm³/mol. The van der Waals surface area contributed by atoms with E-state index in [1.165, 1.54) is 10.9 Å². The first-order valence-corrected chi connectivity index (χ1v) is 9.59. The molecule has 1 amide bonds. The van der Waals surface area contributed by atoms with E-state index in [0.717, 1.165) is 35.7 Å². The standard InChI is InChI=1S/C21H25N5O/c1-3-20(27)24-17(10-14-12-23-16-7-5-4-6-15(14)16)18-11-19(22-2)26-21(25-18)13-8-9-13/h4-7,11-13,17,23H,3,8-10H2,1-2H3,(H,24,27)(H,22,25,26)/t17-/m1/s1. The van der Waals surface area contributed by atoms with Gasteiger partial charge in [-0.3, -0.25) is 4.79 Å². The van der Waals surface area contributed by atoms with Crippen LogP contribution in [0.3, 0.4) is 0 Å². The highest BCUT2D eigenvalue weighted by Crippen LogP contribution is 2.39. The molecule has 0 aliphatic heterocycles. The van der Waals surface area contributed by atoms with E-state index in [9.17, 15) is 4.79 Å². The van der Waals surface area contributed by atoms with Crippen LogP contribution in [-0.2, 0) is 11.2 Å². The Labute approximate surface area is 158 Å². The highest BCUT2D eigenvalue weighted by Gasteiger charge is 2.28. The lowest BCUT2D eigenvalue weighted by Crippen LogP contribution is -2.30. The summed E-state index contributed by atoms with van der Waals surface area (Å²) in [5.74, 6) is 2.16. The summed E-state index contributed by atoms with van der Waals surface area (Å²) in [4.78, 5) is 24.9. The molecule has 2 aromatic heterocycles. The van der Waals surface area contributed by atoms with Crippen molar-refractivity contribution < 1.29 is 4.79 Å². The maximum atomic E-state index is 12.2. The number of nitrogens with one attached hydrogen (secondary N) is 3. The minimum Gasteiger partial charge on any atom is -0.373 e. The number of anilines is 1. The number of amides is 1. The van der Waals surface area contributed by atoms with Gasteiger partial charge in [-0.05, 0) is 24.5 Å². The van der Waals surface area contributed by atoms with Crippen LogP contribution in [0.4, 0.5) is 5.82 Å². The van der Waals surface area contributed by atoms with Gasteiger partial charge < -0.3 is 15.6 Å². The summed E-state index contributed by atoms with van der Waals surface area (Å²) in [6.07, 6.45) is 5.43. The number of fused-ring (bicyclic) bond motifs is 1. The number of para-hydroxylation sites is 1. The van der Waals surface area contributed by atoms with Crippen LogP contribution >= 0.6 is 0 Å². The molecule has 1 aliphatic carbocycles. The molecule has 6 nitrogen and oxygen atoms in total. The second-order valence-electron chi connectivity index (χ2n) is 7.10. The van der Waals surface area contributed by atoms with Crippen molar-refractivity contribution in [1.29, 1.82) is 0 Å². The van der Waals surface area contributed by atoms with Crippen molar-refractivity contribution >= 4 is 22.6 Å². The monoisotopic (exact) mass is 363 g/mol. The Morgan fingerprint density at radius 1 is 1.30 bits per heavy atom. The molecular formula is C21H25N5O. The number of hydrogen-bond acceptors (Lipinski definition) is 4. The van der Waals surface area contributed by atoms with Crippen molar-refractivity contribution in [3.63, 3.8) is 0 Å². The van der Waals surface area contributed by atoms with E-state index in [-0.39, 0.29) is 11.9 Å². The Kier molecular flexibility index (Phi) is 4.79. The average Bonchev–Trinajstić information content (AvgIpc) is 3.48. The van der Waals surface area contributed by atoms with E-state index in [2.05, 4.69) is 32.7 Å². The molecule has 3 N–H and O–H groups in total. The molecule has 140 valence electrons. The molecular weight excluding hydrogens is 338 g/mol. The molecule has 0 unspecified atom stereocenters. The number of benzene rings is 1. The van der Waals surface area contributed by atoms with Crippen molar-refractivity contribution in [3.8, 4) is 0 Å². The van der Waals surface area contributed by atoms with Crippen LogP contribution in [0.5, 0.6) is 0 Å². The SMILES string of the molecule is CCC(=O)N[C@H](Cc1c[nH]c2ccccc12)c1cc(NC)nc(C2CC2)n1. The summed E-state index contributed by atoms with van der Waals surface area (Å²) in [6.45, 7) is 1.87. The number of carbonyl (C=O) groups excluding carboxylic acids is 1. The van der Waals surface area contributed by atoms with Gasteiger partial charge in [-0.15, -0.1) is 0 Å². The molecule has 1 aliphatic rings. The van der Waals surface area contributed by atoms with Gasteiger partial charge in [0.05, 0.1) is 11.7 Å². The van der Waals surface area contributed by atoms with Crippen molar-refractivity contribution in [2.75, 3.05) is 12.4 Å². The molecule has 3 aromatic rings. The van der Waals surface area contributed by atoms with Gasteiger partial charge in [0.25, 0.3) is 0 Å². The fourth-order valence-corrected chi connectivity index (χ4v) is 3.36. The van der Waals surface area contributed by atoms with Crippen molar-refractivity contribution in [3.05, 3.63) is 53.6 Å². The third kappa shape index (κ3) is 3.79. The normalized spacial score (nSPS) is 14.9. The van der Waals surface area contributed by atoms with Crippen LogP contribution in [0.2, 0.25) is 0 Å². The number of H-pyrrole nitrogens is 1. The lowest BCUT2D eigenvalue weighted by Gasteiger charge is -2.19. The van der Waals surface area contributed by atoms with Crippen molar-refractivity contribution in [2.45, 2.75) is 44.6 Å². The van der Waals surface area contributed by atoms with Crippen LogP contribution in [0.15, 0.2) is 36.5 Å². The topological polar surface area (TPSA) is 82.7 Å². The Morgan fingerprint density at radius 3 is 2.85 bits per heavy atom. The zero-order valence-electron chi connectivity index (χ0n) is 15.7. The van der Waals surface area contributed by atoms with E-state index in [0.29, 0.717) is 18.8 Å². The predicted octanol–water partition coefficient (Wildman–Crippen LogP) is 3.69. The Balaban J connectivity index is 1.70. The molecule has 4 rings (SSSR count). The van der Waals surface area contributed by atoms with Crippen LogP contribution in [0.1, 0.15) is 55.2 Å². The second-order valence-corrected chi connectivity index (χ2v) is 7.10. The van der Waals surface area contributed by atoms with Gasteiger partial charge in [-0.25, -0.2) is 9.97 Å². The molecule has 1 aromatic carbocycles. The van der Waals surface area contributed by atoms with Gasteiger partial charge in [-0.2, -0.15) is 0 Å². The zero-order chi connectivity index (χ0) is 18.8.